The monoisotopic (exact) mass is 390 g/mol. The predicted molar refractivity (Wildman–Crippen MR) is 112 cm³/mol. The molecule has 2 heterocycles. The van der Waals surface area contributed by atoms with E-state index in [1.807, 2.05) is 54.6 Å². The molecule has 0 amide bonds. The Morgan fingerprint density at radius 3 is 2.72 bits per heavy atom. The van der Waals surface area contributed by atoms with Crippen LogP contribution in [0.2, 0.25) is 0 Å². The maximum absolute atomic E-state index is 12.5. The third-order valence-corrected chi connectivity index (χ3v) is 4.67. The van der Waals surface area contributed by atoms with Crippen LogP contribution in [0.15, 0.2) is 65.6 Å². The number of aliphatic hydroxyl groups excluding tert-OH is 1. The Morgan fingerprint density at radius 1 is 1.14 bits per heavy atom. The van der Waals surface area contributed by atoms with E-state index in [1.54, 1.807) is 6.20 Å². The largest absolute Gasteiger partial charge is 0.493 e. The Bertz CT molecular complexity index is 1180. The first kappa shape index (κ1) is 18.9. The number of aromatic amines is 1. The van der Waals surface area contributed by atoms with Crippen molar-refractivity contribution in [2.24, 2.45) is 5.73 Å². The molecule has 29 heavy (non-hydrogen) atoms. The Balaban J connectivity index is 1.68. The van der Waals surface area contributed by atoms with E-state index in [-0.39, 0.29) is 12.3 Å². The lowest BCUT2D eigenvalue weighted by atomic mass is 10.1. The average molecular weight is 390 g/mol. The van der Waals surface area contributed by atoms with Crippen LogP contribution in [-0.4, -0.2) is 32.9 Å². The van der Waals surface area contributed by atoms with Gasteiger partial charge in [-0.1, -0.05) is 24.3 Å². The van der Waals surface area contributed by atoms with Gasteiger partial charge in [0, 0.05) is 42.4 Å². The molecule has 0 saturated heterocycles. The number of nitrogens with one attached hydrogen (secondary N) is 1. The third-order valence-electron chi connectivity index (χ3n) is 4.67. The van der Waals surface area contributed by atoms with Crippen LogP contribution in [0.25, 0.3) is 28.0 Å². The molecule has 4 N–H and O–H groups in total. The standard InChI is InChI=1S/C22H22N4O3/c23-13-15-5-7-18(8-6-15)26-14-17-12-20(24-21(17)25-22(26)28)16-3-1-4-19(11-16)29-10-2-9-27/h1,3-8,11-12,14,27H,2,9-10,13,23H2,(H,24,25,28). The van der Waals surface area contributed by atoms with Gasteiger partial charge in [-0.2, -0.15) is 4.98 Å². The van der Waals surface area contributed by atoms with Gasteiger partial charge in [0.15, 0.2) is 0 Å². The van der Waals surface area contributed by atoms with Gasteiger partial charge in [0.2, 0.25) is 0 Å². The van der Waals surface area contributed by atoms with Gasteiger partial charge >= 0.3 is 5.69 Å². The minimum Gasteiger partial charge on any atom is -0.493 e. The summed E-state index contributed by atoms with van der Waals surface area (Å²) in [5, 5.41) is 9.71. The van der Waals surface area contributed by atoms with Gasteiger partial charge in [0.1, 0.15) is 11.4 Å². The van der Waals surface area contributed by atoms with Crippen molar-refractivity contribution in [1.29, 1.82) is 0 Å². The van der Waals surface area contributed by atoms with Gasteiger partial charge in [-0.05, 0) is 35.9 Å². The van der Waals surface area contributed by atoms with E-state index >= 15 is 0 Å². The first-order valence-electron chi connectivity index (χ1n) is 9.44. The molecule has 7 nitrogen and oxygen atoms in total. The van der Waals surface area contributed by atoms with Crippen LogP contribution in [0.4, 0.5) is 0 Å². The van der Waals surface area contributed by atoms with E-state index < -0.39 is 0 Å². The number of hydrogen-bond donors (Lipinski definition) is 3. The zero-order valence-electron chi connectivity index (χ0n) is 15.8. The Hall–Kier alpha value is -3.42. The molecule has 7 heteroatoms. The maximum atomic E-state index is 12.5. The second kappa shape index (κ2) is 8.30. The summed E-state index contributed by atoms with van der Waals surface area (Å²) in [5.74, 6) is 0.724. The van der Waals surface area contributed by atoms with Crippen molar-refractivity contribution in [3.05, 3.63) is 76.8 Å². The van der Waals surface area contributed by atoms with Gasteiger partial charge in [-0.15, -0.1) is 0 Å². The zero-order chi connectivity index (χ0) is 20.2. The molecule has 0 radical (unpaired) electrons. The number of benzene rings is 2. The van der Waals surface area contributed by atoms with Gasteiger partial charge < -0.3 is 20.6 Å². The summed E-state index contributed by atoms with van der Waals surface area (Å²) in [6.07, 6.45) is 2.36. The number of hydrogen-bond acceptors (Lipinski definition) is 5. The average Bonchev–Trinajstić information content (AvgIpc) is 3.16. The Labute approximate surface area is 167 Å². The fraction of sp³-hybridized carbons (Fsp3) is 0.182. The number of aromatic nitrogens is 3. The highest BCUT2D eigenvalue weighted by atomic mass is 16.5. The van der Waals surface area contributed by atoms with Crippen LogP contribution in [0.3, 0.4) is 0 Å². The summed E-state index contributed by atoms with van der Waals surface area (Å²) < 4.78 is 7.17. The highest BCUT2D eigenvalue weighted by Crippen LogP contribution is 2.26. The van der Waals surface area contributed by atoms with E-state index in [2.05, 4.69) is 9.97 Å². The molecule has 0 aliphatic rings. The van der Waals surface area contributed by atoms with Crippen LogP contribution in [0.1, 0.15) is 12.0 Å². The quantitative estimate of drug-likeness (QED) is 0.421. The molecule has 0 atom stereocenters. The molecular weight excluding hydrogens is 368 g/mol. The molecule has 0 spiro atoms. The van der Waals surface area contributed by atoms with Gasteiger partial charge in [0.05, 0.1) is 12.3 Å². The first-order chi connectivity index (χ1) is 14.2. The molecule has 0 bridgehead atoms. The summed E-state index contributed by atoms with van der Waals surface area (Å²) in [5.41, 5.74) is 9.33. The van der Waals surface area contributed by atoms with Crippen molar-refractivity contribution in [1.82, 2.24) is 14.5 Å². The van der Waals surface area contributed by atoms with Gasteiger partial charge in [-0.25, -0.2) is 4.79 Å². The molecule has 0 saturated carbocycles. The minimum atomic E-state index is -0.354. The van der Waals surface area contributed by atoms with E-state index in [0.29, 0.717) is 25.2 Å². The number of rotatable bonds is 7. The summed E-state index contributed by atoms with van der Waals surface area (Å²) in [6, 6.07) is 17.1. The van der Waals surface area contributed by atoms with Crippen LogP contribution >= 0.6 is 0 Å². The summed E-state index contributed by atoms with van der Waals surface area (Å²) in [4.78, 5) is 19.9. The van der Waals surface area contributed by atoms with Crippen LogP contribution in [-0.2, 0) is 6.54 Å². The second-order valence-electron chi connectivity index (χ2n) is 6.70. The number of aliphatic hydroxyl groups is 1. The fourth-order valence-corrected chi connectivity index (χ4v) is 3.14. The first-order valence-corrected chi connectivity index (χ1v) is 9.44. The lowest BCUT2D eigenvalue weighted by molar-refractivity contribution is 0.233. The van der Waals surface area contributed by atoms with Crippen molar-refractivity contribution < 1.29 is 9.84 Å². The molecule has 0 unspecified atom stereocenters. The smallest absolute Gasteiger partial charge is 0.354 e. The molecule has 0 aliphatic carbocycles. The summed E-state index contributed by atoms with van der Waals surface area (Å²) >= 11 is 0. The number of ether oxygens (including phenoxy) is 1. The minimum absolute atomic E-state index is 0.0971. The molecule has 0 aliphatic heterocycles. The van der Waals surface area contributed by atoms with Crippen molar-refractivity contribution in [2.75, 3.05) is 13.2 Å². The van der Waals surface area contributed by atoms with Crippen molar-refractivity contribution in [3.63, 3.8) is 0 Å². The third kappa shape index (κ3) is 4.06. The molecule has 4 rings (SSSR count). The normalized spacial score (nSPS) is 11.1. The summed E-state index contributed by atoms with van der Waals surface area (Å²) in [7, 11) is 0. The van der Waals surface area contributed by atoms with E-state index in [4.69, 9.17) is 15.6 Å². The van der Waals surface area contributed by atoms with E-state index in [9.17, 15) is 4.79 Å². The number of H-pyrrole nitrogens is 1. The molecule has 2 aromatic heterocycles. The topological polar surface area (TPSA) is 106 Å². The van der Waals surface area contributed by atoms with Crippen LogP contribution < -0.4 is 16.2 Å². The van der Waals surface area contributed by atoms with E-state index in [1.165, 1.54) is 4.57 Å². The van der Waals surface area contributed by atoms with Gasteiger partial charge in [0.25, 0.3) is 0 Å². The molecule has 148 valence electrons. The van der Waals surface area contributed by atoms with Crippen molar-refractivity contribution >= 4 is 11.0 Å². The lowest BCUT2D eigenvalue weighted by Gasteiger charge is -2.06. The van der Waals surface area contributed by atoms with E-state index in [0.717, 1.165) is 33.6 Å². The predicted octanol–water partition coefficient (Wildman–Crippen LogP) is 2.60. The number of fused-ring (bicyclic) bond motifs is 1. The molecule has 0 fully saturated rings. The lowest BCUT2D eigenvalue weighted by Crippen LogP contribution is -2.20. The molecular formula is C22H22N4O3. The zero-order valence-corrected chi connectivity index (χ0v) is 15.8. The van der Waals surface area contributed by atoms with Crippen LogP contribution in [0, 0.1) is 0 Å². The number of nitrogens with two attached hydrogens (primary N) is 1. The molecule has 4 aromatic rings. The van der Waals surface area contributed by atoms with Gasteiger partial charge in [-0.3, -0.25) is 4.57 Å². The highest BCUT2D eigenvalue weighted by Gasteiger charge is 2.09. The van der Waals surface area contributed by atoms with Crippen LogP contribution in [0.5, 0.6) is 5.75 Å². The fourth-order valence-electron chi connectivity index (χ4n) is 3.14. The van der Waals surface area contributed by atoms with Crippen molar-refractivity contribution in [2.45, 2.75) is 13.0 Å². The summed E-state index contributed by atoms with van der Waals surface area (Å²) in [6.45, 7) is 1.01. The van der Waals surface area contributed by atoms with Crippen molar-refractivity contribution in [3.8, 4) is 22.7 Å². The maximum Gasteiger partial charge on any atom is 0.354 e. The Kier molecular flexibility index (Phi) is 5.41. The second-order valence-corrected chi connectivity index (χ2v) is 6.70. The Morgan fingerprint density at radius 2 is 1.97 bits per heavy atom. The SMILES string of the molecule is NCc1ccc(-n2cc3cc(-c4cccc(OCCCO)c4)[nH]c3nc2=O)cc1. The highest BCUT2D eigenvalue weighted by molar-refractivity contribution is 5.82. The molecule has 2 aromatic carbocycles. The number of nitrogens with zero attached hydrogens (tertiary/aromatic N) is 2.